The molecule has 1 aromatic carbocycles. The maximum atomic E-state index is 12.2. The lowest BCUT2D eigenvalue weighted by molar-refractivity contribution is -0.140. The minimum absolute atomic E-state index is 0.0978. The van der Waals surface area contributed by atoms with E-state index in [1.165, 1.54) is 4.90 Å². The van der Waals surface area contributed by atoms with Crippen molar-refractivity contribution in [3.63, 3.8) is 0 Å². The van der Waals surface area contributed by atoms with Crippen LogP contribution in [-0.4, -0.2) is 35.9 Å². The van der Waals surface area contributed by atoms with Gasteiger partial charge in [-0.15, -0.1) is 0 Å². The molecular weight excluding hydrogens is 256 g/mol. The molecule has 0 radical (unpaired) electrons. The van der Waals surface area contributed by atoms with Gasteiger partial charge in [-0.3, -0.25) is 14.5 Å². The zero-order chi connectivity index (χ0) is 14.9. The average molecular weight is 276 g/mol. The van der Waals surface area contributed by atoms with Crippen molar-refractivity contribution in [2.24, 2.45) is 0 Å². The van der Waals surface area contributed by atoms with Crippen LogP contribution in [-0.2, 0) is 9.59 Å². The van der Waals surface area contributed by atoms with E-state index in [0.29, 0.717) is 0 Å². The quantitative estimate of drug-likeness (QED) is 0.854. The predicted octanol–water partition coefficient (Wildman–Crippen LogP) is 1.95. The molecule has 2 amide bonds. The molecule has 5 heteroatoms. The summed E-state index contributed by atoms with van der Waals surface area (Å²) in [4.78, 5) is 25.4. The molecule has 1 atom stereocenters. The minimum Gasteiger partial charge on any atom is -0.496 e. The molecule has 0 aliphatic carbocycles. The van der Waals surface area contributed by atoms with Gasteiger partial charge in [-0.25, -0.2) is 0 Å². The van der Waals surface area contributed by atoms with Gasteiger partial charge in [-0.2, -0.15) is 0 Å². The van der Waals surface area contributed by atoms with Crippen molar-refractivity contribution in [2.45, 2.75) is 39.3 Å². The third kappa shape index (κ3) is 2.61. The molecule has 1 heterocycles. The number of nitrogens with one attached hydrogen (secondary N) is 1. The summed E-state index contributed by atoms with van der Waals surface area (Å²) in [6.07, 6.45) is 0.210. The average Bonchev–Trinajstić information content (AvgIpc) is 2.64. The van der Waals surface area contributed by atoms with Crippen LogP contribution in [0.15, 0.2) is 18.2 Å². The lowest BCUT2D eigenvalue weighted by Crippen LogP contribution is -2.39. The molecule has 20 heavy (non-hydrogen) atoms. The largest absolute Gasteiger partial charge is 0.496 e. The lowest BCUT2D eigenvalue weighted by atomic mass is 10.1. The number of benzene rings is 1. The monoisotopic (exact) mass is 276 g/mol. The zero-order valence-electron chi connectivity index (χ0n) is 12.3. The highest BCUT2D eigenvalue weighted by atomic mass is 16.5. The van der Waals surface area contributed by atoms with Gasteiger partial charge in [0.25, 0.3) is 5.91 Å². The number of aryl methyl sites for hydroxylation is 1. The van der Waals surface area contributed by atoms with Crippen LogP contribution >= 0.6 is 0 Å². The second-order valence-electron chi connectivity index (χ2n) is 5.28. The van der Waals surface area contributed by atoms with Crippen molar-refractivity contribution >= 4 is 17.5 Å². The van der Waals surface area contributed by atoms with Gasteiger partial charge in [0, 0.05) is 11.7 Å². The van der Waals surface area contributed by atoms with Crippen LogP contribution in [0.25, 0.3) is 0 Å². The van der Waals surface area contributed by atoms with Gasteiger partial charge in [-0.05, 0) is 44.5 Å². The molecule has 1 unspecified atom stereocenters. The number of nitrogens with zero attached hydrogens (tertiary/aromatic N) is 1. The molecule has 1 saturated heterocycles. The fraction of sp³-hybridized carbons (Fsp3) is 0.467. The Kier molecular flexibility index (Phi) is 3.97. The summed E-state index contributed by atoms with van der Waals surface area (Å²) in [5, 5.41) is 3.13. The molecule has 1 aliphatic heterocycles. The summed E-state index contributed by atoms with van der Waals surface area (Å²) >= 11 is 0. The maximum Gasteiger partial charge on any atom is 0.252 e. The Balaban J connectivity index is 2.13. The Morgan fingerprint density at radius 3 is 2.55 bits per heavy atom. The van der Waals surface area contributed by atoms with Crippen LogP contribution in [0.4, 0.5) is 5.69 Å². The topological polar surface area (TPSA) is 58.6 Å². The van der Waals surface area contributed by atoms with Gasteiger partial charge in [0.15, 0.2) is 0 Å². The van der Waals surface area contributed by atoms with Crippen molar-refractivity contribution in [3.05, 3.63) is 23.8 Å². The third-order valence-electron chi connectivity index (χ3n) is 3.44. The predicted molar refractivity (Wildman–Crippen MR) is 76.7 cm³/mol. The first-order valence-corrected chi connectivity index (χ1v) is 6.71. The van der Waals surface area contributed by atoms with E-state index in [1.807, 2.05) is 39.0 Å². The second-order valence-corrected chi connectivity index (χ2v) is 5.28. The van der Waals surface area contributed by atoms with Gasteiger partial charge in [0.1, 0.15) is 11.8 Å². The number of amides is 2. The van der Waals surface area contributed by atoms with Gasteiger partial charge >= 0.3 is 0 Å². The third-order valence-corrected chi connectivity index (χ3v) is 3.44. The van der Waals surface area contributed by atoms with Gasteiger partial charge in [-0.1, -0.05) is 0 Å². The van der Waals surface area contributed by atoms with Crippen LogP contribution in [0.5, 0.6) is 5.75 Å². The Morgan fingerprint density at radius 2 is 2.05 bits per heavy atom. The Bertz CT molecular complexity index is 540. The van der Waals surface area contributed by atoms with Gasteiger partial charge < -0.3 is 10.1 Å². The molecule has 1 aromatic rings. The van der Waals surface area contributed by atoms with Crippen LogP contribution in [0.1, 0.15) is 25.8 Å². The van der Waals surface area contributed by atoms with Crippen molar-refractivity contribution in [1.82, 2.24) is 4.90 Å². The SMILES string of the molecule is COc1ccc(NC2CC(=O)N(C(C)C)C2=O)cc1C. The fourth-order valence-corrected chi connectivity index (χ4v) is 2.48. The van der Waals surface area contributed by atoms with E-state index >= 15 is 0 Å². The molecule has 108 valence electrons. The number of anilines is 1. The van der Waals surface area contributed by atoms with Crippen LogP contribution in [0.3, 0.4) is 0 Å². The number of carbonyl (C=O) groups is 2. The van der Waals surface area contributed by atoms with E-state index in [1.54, 1.807) is 7.11 Å². The number of hydrogen-bond donors (Lipinski definition) is 1. The highest BCUT2D eigenvalue weighted by Crippen LogP contribution is 2.24. The number of rotatable bonds is 4. The first-order valence-electron chi connectivity index (χ1n) is 6.71. The molecule has 0 saturated carbocycles. The Labute approximate surface area is 118 Å². The Morgan fingerprint density at radius 1 is 1.35 bits per heavy atom. The van der Waals surface area contributed by atoms with E-state index < -0.39 is 6.04 Å². The first kappa shape index (κ1) is 14.4. The summed E-state index contributed by atoms with van der Waals surface area (Å²) in [6.45, 7) is 5.62. The highest BCUT2D eigenvalue weighted by molar-refractivity contribution is 6.07. The number of carbonyl (C=O) groups excluding carboxylic acids is 2. The molecule has 2 rings (SSSR count). The van der Waals surface area contributed by atoms with Crippen molar-refractivity contribution in [2.75, 3.05) is 12.4 Å². The smallest absolute Gasteiger partial charge is 0.252 e. The highest BCUT2D eigenvalue weighted by Gasteiger charge is 2.39. The molecule has 5 nitrogen and oxygen atoms in total. The maximum absolute atomic E-state index is 12.2. The zero-order valence-corrected chi connectivity index (χ0v) is 12.3. The van der Waals surface area contributed by atoms with Crippen molar-refractivity contribution < 1.29 is 14.3 Å². The first-order chi connectivity index (χ1) is 9.43. The molecule has 1 fully saturated rings. The van der Waals surface area contributed by atoms with Gasteiger partial charge in [0.05, 0.1) is 13.5 Å². The number of hydrogen-bond acceptors (Lipinski definition) is 4. The molecule has 0 bridgehead atoms. The van der Waals surface area contributed by atoms with E-state index in [9.17, 15) is 9.59 Å². The van der Waals surface area contributed by atoms with E-state index in [4.69, 9.17) is 4.74 Å². The number of likely N-dealkylation sites (tertiary alicyclic amines) is 1. The Hall–Kier alpha value is -2.04. The van der Waals surface area contributed by atoms with E-state index in [2.05, 4.69) is 5.32 Å². The van der Waals surface area contributed by atoms with Crippen LogP contribution in [0, 0.1) is 6.92 Å². The lowest BCUT2D eigenvalue weighted by Gasteiger charge is -2.19. The van der Waals surface area contributed by atoms with E-state index in [-0.39, 0.29) is 24.3 Å². The number of imide groups is 1. The summed E-state index contributed by atoms with van der Waals surface area (Å²) in [5.41, 5.74) is 1.80. The van der Waals surface area contributed by atoms with Crippen molar-refractivity contribution in [3.8, 4) is 5.75 Å². The summed E-state index contributed by atoms with van der Waals surface area (Å²) in [6, 6.07) is 5.03. The molecule has 1 aliphatic rings. The standard InChI is InChI=1S/C15H20N2O3/c1-9(2)17-14(18)8-12(15(17)19)16-11-5-6-13(20-4)10(3)7-11/h5-7,9,12,16H,8H2,1-4H3. The normalized spacial score (nSPS) is 18.9. The molecule has 0 aromatic heterocycles. The summed E-state index contributed by atoms with van der Waals surface area (Å²) < 4.78 is 5.20. The second kappa shape index (κ2) is 5.53. The summed E-state index contributed by atoms with van der Waals surface area (Å²) in [7, 11) is 1.62. The molecule has 1 N–H and O–H groups in total. The fourth-order valence-electron chi connectivity index (χ4n) is 2.48. The van der Waals surface area contributed by atoms with Crippen LogP contribution < -0.4 is 10.1 Å². The van der Waals surface area contributed by atoms with E-state index in [0.717, 1.165) is 17.0 Å². The molecule has 0 spiro atoms. The minimum atomic E-state index is -0.474. The summed E-state index contributed by atoms with van der Waals surface area (Å²) in [5.74, 6) is 0.527. The number of methoxy groups -OCH3 is 1. The molecular formula is C15H20N2O3. The van der Waals surface area contributed by atoms with Crippen LogP contribution in [0.2, 0.25) is 0 Å². The number of ether oxygens (including phenoxy) is 1. The van der Waals surface area contributed by atoms with Crippen molar-refractivity contribution in [1.29, 1.82) is 0 Å². The van der Waals surface area contributed by atoms with Gasteiger partial charge in [0.2, 0.25) is 5.91 Å².